The van der Waals surface area contributed by atoms with Gasteiger partial charge in [-0.25, -0.2) is 4.98 Å². The van der Waals surface area contributed by atoms with Crippen molar-refractivity contribution in [2.24, 2.45) is 0 Å². The first-order chi connectivity index (χ1) is 12.1. The van der Waals surface area contributed by atoms with Crippen molar-refractivity contribution in [3.8, 4) is 0 Å². The number of carbonyl (C=O) groups is 2. The van der Waals surface area contributed by atoms with Crippen molar-refractivity contribution in [3.05, 3.63) is 18.2 Å². The number of imidazole rings is 1. The van der Waals surface area contributed by atoms with Gasteiger partial charge in [0.2, 0.25) is 5.91 Å². The van der Waals surface area contributed by atoms with Crippen molar-refractivity contribution in [1.29, 1.82) is 0 Å². The Hall–Kier alpha value is -1.93. The van der Waals surface area contributed by atoms with Gasteiger partial charge in [0.25, 0.3) is 5.91 Å². The fraction of sp³-hybridized carbons (Fsp3) is 0.706. The average molecular weight is 348 g/mol. The van der Waals surface area contributed by atoms with Crippen molar-refractivity contribution < 1.29 is 19.1 Å². The Morgan fingerprint density at radius 2 is 1.88 bits per heavy atom. The Bertz CT molecular complexity index is 659. The van der Waals surface area contributed by atoms with Crippen LogP contribution in [0.1, 0.15) is 25.6 Å². The van der Waals surface area contributed by atoms with Gasteiger partial charge in [-0.1, -0.05) is 0 Å². The summed E-state index contributed by atoms with van der Waals surface area (Å²) < 4.78 is 13.8. The van der Waals surface area contributed by atoms with E-state index in [1.165, 1.54) is 0 Å². The number of carbonyl (C=O) groups excluding carboxylic acids is 2. The minimum atomic E-state index is -0.583. The van der Waals surface area contributed by atoms with Crippen molar-refractivity contribution in [1.82, 2.24) is 19.4 Å². The number of hydrogen-bond acceptors (Lipinski definition) is 5. The lowest BCUT2D eigenvalue weighted by Crippen LogP contribution is -2.56. The van der Waals surface area contributed by atoms with Crippen molar-refractivity contribution in [3.63, 3.8) is 0 Å². The quantitative estimate of drug-likeness (QED) is 0.713. The summed E-state index contributed by atoms with van der Waals surface area (Å²) in [5.74, 6) is 0.979. The first-order valence-corrected chi connectivity index (χ1v) is 8.90. The Labute approximate surface area is 146 Å². The van der Waals surface area contributed by atoms with Gasteiger partial charge in [0.05, 0.1) is 19.8 Å². The zero-order valence-corrected chi connectivity index (χ0v) is 14.5. The second-order valence-corrected chi connectivity index (χ2v) is 6.95. The summed E-state index contributed by atoms with van der Waals surface area (Å²) in [5.41, 5.74) is -0.583. The highest BCUT2D eigenvalue weighted by Gasteiger charge is 2.48. The minimum Gasteiger partial charge on any atom is -0.378 e. The number of fused-ring (bicyclic) bond motifs is 2. The van der Waals surface area contributed by atoms with Crippen LogP contribution in [-0.2, 0) is 31.2 Å². The number of ether oxygens (including phenoxy) is 2. The fourth-order valence-electron chi connectivity index (χ4n) is 4.04. The van der Waals surface area contributed by atoms with Crippen LogP contribution in [0, 0.1) is 0 Å². The van der Waals surface area contributed by atoms with Gasteiger partial charge >= 0.3 is 0 Å². The van der Waals surface area contributed by atoms with Crippen LogP contribution in [0.25, 0.3) is 0 Å². The maximum absolute atomic E-state index is 12.9. The maximum atomic E-state index is 12.9. The number of morpholine rings is 1. The van der Waals surface area contributed by atoms with E-state index < -0.39 is 11.7 Å². The van der Waals surface area contributed by atoms with Gasteiger partial charge in [-0.15, -0.1) is 0 Å². The van der Waals surface area contributed by atoms with Crippen LogP contribution in [0.4, 0.5) is 0 Å². The molecule has 3 aliphatic rings. The van der Waals surface area contributed by atoms with E-state index in [0.29, 0.717) is 58.8 Å². The molecule has 2 fully saturated rings. The van der Waals surface area contributed by atoms with E-state index in [2.05, 4.69) is 4.98 Å². The summed E-state index contributed by atoms with van der Waals surface area (Å²) in [6.45, 7) is 5.71. The van der Waals surface area contributed by atoms with E-state index in [1.54, 1.807) is 13.1 Å². The Morgan fingerprint density at radius 1 is 1.16 bits per heavy atom. The normalized spacial score (nSPS) is 25.7. The standard InChI is InChI=1S/C17H24N4O4/c1-13(22)19-5-2-17(3-6-19)16-18-4-7-21(16)12-14(25-17)15(23)20-8-10-24-11-9-20/h4,7,14H,2-3,5-6,8-12H2,1H3/t14-/m0/s1. The predicted octanol–water partition coefficient (Wildman–Crippen LogP) is -0.0217. The molecule has 136 valence electrons. The van der Waals surface area contributed by atoms with E-state index in [0.717, 1.165) is 5.82 Å². The molecule has 4 rings (SSSR count). The lowest BCUT2D eigenvalue weighted by molar-refractivity contribution is -0.184. The Morgan fingerprint density at radius 3 is 2.56 bits per heavy atom. The molecule has 0 bridgehead atoms. The molecule has 2 amide bonds. The summed E-state index contributed by atoms with van der Waals surface area (Å²) in [5, 5.41) is 0. The molecule has 0 radical (unpaired) electrons. The zero-order chi connectivity index (χ0) is 17.4. The van der Waals surface area contributed by atoms with Gasteiger partial charge in [0.1, 0.15) is 11.4 Å². The third kappa shape index (κ3) is 2.93. The van der Waals surface area contributed by atoms with E-state index in [-0.39, 0.29) is 11.8 Å². The van der Waals surface area contributed by atoms with Gasteiger partial charge < -0.3 is 23.8 Å². The summed E-state index contributed by atoms with van der Waals surface area (Å²) in [4.78, 5) is 32.7. The maximum Gasteiger partial charge on any atom is 0.253 e. The number of hydrogen-bond donors (Lipinski definition) is 0. The van der Waals surface area contributed by atoms with E-state index in [1.807, 2.05) is 20.6 Å². The Balaban J connectivity index is 1.56. The highest BCUT2D eigenvalue weighted by atomic mass is 16.5. The number of rotatable bonds is 1. The topological polar surface area (TPSA) is 76.9 Å². The molecule has 8 heteroatoms. The molecule has 25 heavy (non-hydrogen) atoms. The van der Waals surface area contributed by atoms with Gasteiger partial charge in [-0.05, 0) is 0 Å². The van der Waals surface area contributed by atoms with Crippen LogP contribution in [0.15, 0.2) is 12.4 Å². The first kappa shape index (κ1) is 16.5. The Kier molecular flexibility index (Phi) is 4.24. The largest absolute Gasteiger partial charge is 0.378 e. The predicted molar refractivity (Wildman–Crippen MR) is 87.7 cm³/mol. The lowest BCUT2D eigenvalue weighted by Gasteiger charge is -2.46. The molecule has 2 saturated heterocycles. The van der Waals surface area contributed by atoms with Crippen LogP contribution in [0.2, 0.25) is 0 Å². The third-order valence-corrected chi connectivity index (χ3v) is 5.47. The fourth-order valence-corrected chi connectivity index (χ4v) is 4.04. The van der Waals surface area contributed by atoms with E-state index in [9.17, 15) is 9.59 Å². The molecule has 0 aromatic carbocycles. The van der Waals surface area contributed by atoms with Gasteiger partial charge in [-0.2, -0.15) is 0 Å². The summed E-state index contributed by atoms with van der Waals surface area (Å²) >= 11 is 0. The zero-order valence-electron chi connectivity index (χ0n) is 14.5. The third-order valence-electron chi connectivity index (χ3n) is 5.47. The number of piperidine rings is 1. The second kappa shape index (κ2) is 6.42. The SMILES string of the molecule is CC(=O)N1CCC2(CC1)O[C@H](C(=O)N1CCOCC1)Cn1ccnc12. The molecule has 8 nitrogen and oxygen atoms in total. The molecule has 3 aliphatic heterocycles. The van der Waals surface area contributed by atoms with Crippen molar-refractivity contribution in [2.75, 3.05) is 39.4 Å². The molecular weight excluding hydrogens is 324 g/mol. The van der Waals surface area contributed by atoms with Crippen LogP contribution in [0.5, 0.6) is 0 Å². The van der Waals surface area contributed by atoms with Crippen LogP contribution >= 0.6 is 0 Å². The van der Waals surface area contributed by atoms with Crippen molar-refractivity contribution in [2.45, 2.75) is 38.0 Å². The van der Waals surface area contributed by atoms with Crippen LogP contribution < -0.4 is 0 Å². The lowest BCUT2D eigenvalue weighted by atomic mass is 9.88. The monoisotopic (exact) mass is 348 g/mol. The van der Waals surface area contributed by atoms with E-state index >= 15 is 0 Å². The molecule has 0 aliphatic carbocycles. The van der Waals surface area contributed by atoms with Gasteiger partial charge in [-0.3, -0.25) is 9.59 Å². The summed E-state index contributed by atoms with van der Waals surface area (Å²) in [7, 11) is 0. The number of amides is 2. The summed E-state index contributed by atoms with van der Waals surface area (Å²) in [6, 6.07) is 0. The molecule has 0 N–H and O–H groups in total. The molecule has 0 saturated carbocycles. The van der Waals surface area contributed by atoms with Crippen LogP contribution in [-0.4, -0.2) is 76.7 Å². The van der Waals surface area contributed by atoms with Gasteiger partial charge in [0, 0.05) is 58.3 Å². The average Bonchev–Trinajstić information content (AvgIpc) is 3.12. The second-order valence-electron chi connectivity index (χ2n) is 6.95. The van der Waals surface area contributed by atoms with Crippen LogP contribution in [0.3, 0.4) is 0 Å². The molecule has 1 aromatic heterocycles. The summed E-state index contributed by atoms with van der Waals surface area (Å²) in [6.07, 6.45) is 4.49. The molecular formula is C17H24N4O4. The van der Waals surface area contributed by atoms with Gasteiger partial charge in [0.15, 0.2) is 6.10 Å². The smallest absolute Gasteiger partial charge is 0.253 e. The van der Waals surface area contributed by atoms with E-state index in [4.69, 9.17) is 9.47 Å². The number of likely N-dealkylation sites (tertiary alicyclic amines) is 1. The molecule has 1 aromatic rings. The highest BCUT2D eigenvalue weighted by molar-refractivity contribution is 5.81. The number of aromatic nitrogens is 2. The molecule has 0 unspecified atom stereocenters. The molecule has 1 atom stereocenters. The number of nitrogens with zero attached hydrogens (tertiary/aromatic N) is 4. The minimum absolute atomic E-state index is 0.0241. The first-order valence-electron chi connectivity index (χ1n) is 8.90. The molecule has 4 heterocycles. The molecule has 1 spiro atoms. The van der Waals surface area contributed by atoms with Crippen molar-refractivity contribution >= 4 is 11.8 Å². The highest BCUT2D eigenvalue weighted by Crippen LogP contribution is 2.40.